The SMILES string of the molecule is CC(C)N1C(=O)[C@H](NC(=O)c2ccccc2)N=C(c2ccccc2)c2ccccc21. The molecule has 4 rings (SSSR count). The Bertz CT molecular complexity index is 1090. The number of amides is 2. The smallest absolute Gasteiger partial charge is 0.272 e. The van der Waals surface area contributed by atoms with Crippen LogP contribution in [0.25, 0.3) is 0 Å². The van der Waals surface area contributed by atoms with Crippen LogP contribution in [-0.2, 0) is 4.79 Å². The normalized spacial score (nSPS) is 16.0. The number of benzene rings is 3. The van der Waals surface area contributed by atoms with Crippen molar-refractivity contribution in [3.05, 3.63) is 102 Å². The van der Waals surface area contributed by atoms with Crippen LogP contribution in [0.4, 0.5) is 5.69 Å². The van der Waals surface area contributed by atoms with Crippen LogP contribution in [0, 0.1) is 0 Å². The quantitative estimate of drug-likeness (QED) is 0.722. The summed E-state index contributed by atoms with van der Waals surface area (Å²) in [6.07, 6.45) is -1.03. The monoisotopic (exact) mass is 397 g/mol. The van der Waals surface area contributed by atoms with E-state index in [1.165, 1.54) is 0 Å². The summed E-state index contributed by atoms with van der Waals surface area (Å²) >= 11 is 0. The summed E-state index contributed by atoms with van der Waals surface area (Å²) in [5.41, 5.74) is 3.71. The zero-order valence-corrected chi connectivity index (χ0v) is 16.9. The Morgan fingerprint density at radius 3 is 2.17 bits per heavy atom. The first-order valence-electron chi connectivity index (χ1n) is 9.98. The van der Waals surface area contributed by atoms with E-state index in [2.05, 4.69) is 5.32 Å². The molecule has 0 radical (unpaired) electrons. The molecule has 0 aromatic heterocycles. The number of hydrogen-bond donors (Lipinski definition) is 1. The van der Waals surface area contributed by atoms with Gasteiger partial charge in [0.15, 0.2) is 0 Å². The minimum absolute atomic E-state index is 0.0971. The zero-order chi connectivity index (χ0) is 21.1. The van der Waals surface area contributed by atoms with Crippen molar-refractivity contribution in [2.45, 2.75) is 26.1 Å². The molecule has 1 aliphatic rings. The van der Waals surface area contributed by atoms with Gasteiger partial charge >= 0.3 is 0 Å². The Morgan fingerprint density at radius 2 is 1.50 bits per heavy atom. The number of aliphatic imine (C=N–C) groups is 1. The number of benzodiazepines with no additional fused rings is 1. The predicted molar refractivity (Wildman–Crippen MR) is 119 cm³/mol. The van der Waals surface area contributed by atoms with E-state index < -0.39 is 6.17 Å². The second-order valence-corrected chi connectivity index (χ2v) is 7.40. The Balaban J connectivity index is 1.83. The topological polar surface area (TPSA) is 61.8 Å². The van der Waals surface area contributed by atoms with Gasteiger partial charge in [-0.3, -0.25) is 9.59 Å². The van der Waals surface area contributed by atoms with E-state index in [-0.39, 0.29) is 17.9 Å². The molecule has 3 aromatic rings. The van der Waals surface area contributed by atoms with Gasteiger partial charge in [-0.25, -0.2) is 4.99 Å². The van der Waals surface area contributed by atoms with Gasteiger partial charge in [0.2, 0.25) is 6.17 Å². The minimum atomic E-state index is -1.03. The largest absolute Gasteiger partial charge is 0.322 e. The molecule has 150 valence electrons. The molecule has 0 bridgehead atoms. The molecule has 0 aliphatic carbocycles. The lowest BCUT2D eigenvalue weighted by molar-refractivity contribution is -0.120. The van der Waals surface area contributed by atoms with Crippen molar-refractivity contribution in [1.82, 2.24) is 5.32 Å². The van der Waals surface area contributed by atoms with E-state index >= 15 is 0 Å². The average Bonchev–Trinajstić information content (AvgIpc) is 2.89. The summed E-state index contributed by atoms with van der Waals surface area (Å²) < 4.78 is 0. The number of anilines is 1. The first kappa shape index (κ1) is 19.6. The van der Waals surface area contributed by atoms with Gasteiger partial charge in [0.05, 0.1) is 11.4 Å². The number of nitrogens with one attached hydrogen (secondary N) is 1. The molecule has 0 saturated heterocycles. The van der Waals surface area contributed by atoms with Crippen molar-refractivity contribution in [1.29, 1.82) is 0 Å². The lowest BCUT2D eigenvalue weighted by atomic mass is 10.00. The second-order valence-electron chi connectivity index (χ2n) is 7.40. The van der Waals surface area contributed by atoms with Crippen molar-refractivity contribution in [3.8, 4) is 0 Å². The van der Waals surface area contributed by atoms with Crippen LogP contribution in [0.15, 0.2) is 89.9 Å². The summed E-state index contributed by atoms with van der Waals surface area (Å²) in [6.45, 7) is 3.91. The molecule has 1 atom stereocenters. The molecule has 0 unspecified atom stereocenters. The van der Waals surface area contributed by atoms with E-state index in [9.17, 15) is 9.59 Å². The lowest BCUT2D eigenvalue weighted by Crippen LogP contribution is -2.49. The van der Waals surface area contributed by atoms with Crippen molar-refractivity contribution < 1.29 is 9.59 Å². The van der Waals surface area contributed by atoms with Crippen molar-refractivity contribution >= 4 is 23.2 Å². The van der Waals surface area contributed by atoms with E-state index in [1.807, 2.05) is 74.5 Å². The van der Waals surface area contributed by atoms with Crippen molar-refractivity contribution in [2.24, 2.45) is 4.99 Å². The number of fused-ring (bicyclic) bond motifs is 1. The zero-order valence-electron chi connectivity index (χ0n) is 16.9. The number of rotatable bonds is 4. The van der Waals surface area contributed by atoms with Gasteiger partial charge in [-0.2, -0.15) is 0 Å². The molecule has 1 heterocycles. The van der Waals surface area contributed by atoms with Crippen LogP contribution in [0.2, 0.25) is 0 Å². The Hall–Kier alpha value is -3.73. The van der Waals surface area contributed by atoms with Gasteiger partial charge in [0.25, 0.3) is 11.8 Å². The van der Waals surface area contributed by atoms with Crippen LogP contribution < -0.4 is 10.2 Å². The highest BCUT2D eigenvalue weighted by Crippen LogP contribution is 2.29. The minimum Gasteiger partial charge on any atom is -0.322 e. The number of nitrogens with zero attached hydrogens (tertiary/aromatic N) is 2. The lowest BCUT2D eigenvalue weighted by Gasteiger charge is -2.29. The van der Waals surface area contributed by atoms with Crippen molar-refractivity contribution in [2.75, 3.05) is 4.90 Å². The van der Waals surface area contributed by atoms with Crippen molar-refractivity contribution in [3.63, 3.8) is 0 Å². The summed E-state index contributed by atoms with van der Waals surface area (Å²) in [7, 11) is 0. The van der Waals surface area contributed by atoms with E-state index in [0.29, 0.717) is 11.3 Å². The molecule has 30 heavy (non-hydrogen) atoms. The summed E-state index contributed by atoms with van der Waals surface area (Å²) in [6, 6.07) is 26.2. The van der Waals surface area contributed by atoms with Crippen LogP contribution in [-0.4, -0.2) is 29.7 Å². The highest BCUT2D eigenvalue weighted by molar-refractivity contribution is 6.20. The molecule has 1 N–H and O–H groups in total. The van der Waals surface area contributed by atoms with Gasteiger partial charge in [0, 0.05) is 22.7 Å². The molecule has 0 fully saturated rings. The molecular weight excluding hydrogens is 374 g/mol. The standard InChI is InChI=1S/C25H23N3O2/c1-17(2)28-21-16-10-9-15-20(21)22(18-11-5-3-6-12-18)26-23(25(28)30)27-24(29)19-13-7-4-8-14-19/h3-17,23H,1-2H3,(H,27,29)/t23-/m0/s1. The highest BCUT2D eigenvalue weighted by atomic mass is 16.2. The number of carbonyl (C=O) groups is 2. The van der Waals surface area contributed by atoms with Crippen LogP contribution >= 0.6 is 0 Å². The molecule has 0 saturated carbocycles. The van der Waals surface area contributed by atoms with E-state index in [4.69, 9.17) is 4.99 Å². The third-order valence-corrected chi connectivity index (χ3v) is 5.02. The summed E-state index contributed by atoms with van der Waals surface area (Å²) in [5, 5.41) is 2.83. The molecule has 2 amide bonds. The first-order valence-corrected chi connectivity index (χ1v) is 9.98. The molecular formula is C25H23N3O2. The number of hydrogen-bond acceptors (Lipinski definition) is 3. The van der Waals surface area contributed by atoms with Gasteiger partial charge in [-0.1, -0.05) is 66.7 Å². The second kappa shape index (κ2) is 8.33. The van der Waals surface area contributed by atoms with E-state index in [0.717, 1.165) is 16.8 Å². The first-order chi connectivity index (χ1) is 14.6. The molecule has 5 nitrogen and oxygen atoms in total. The third-order valence-electron chi connectivity index (χ3n) is 5.02. The highest BCUT2D eigenvalue weighted by Gasteiger charge is 2.34. The number of para-hydroxylation sites is 1. The third kappa shape index (κ3) is 3.74. The number of carbonyl (C=O) groups excluding carboxylic acids is 2. The van der Waals surface area contributed by atoms with E-state index in [1.54, 1.807) is 29.2 Å². The maximum Gasteiger partial charge on any atom is 0.272 e. The fraction of sp³-hybridized carbons (Fsp3) is 0.160. The van der Waals surface area contributed by atoms with Crippen LogP contribution in [0.1, 0.15) is 35.3 Å². The Kier molecular flexibility index (Phi) is 5.44. The predicted octanol–water partition coefficient (Wildman–Crippen LogP) is 4.04. The fourth-order valence-electron chi connectivity index (χ4n) is 3.64. The maximum absolute atomic E-state index is 13.5. The van der Waals surface area contributed by atoms with Crippen LogP contribution in [0.5, 0.6) is 0 Å². The maximum atomic E-state index is 13.5. The van der Waals surface area contributed by atoms with Gasteiger partial charge in [-0.15, -0.1) is 0 Å². The average molecular weight is 397 g/mol. The van der Waals surface area contributed by atoms with Gasteiger partial charge < -0.3 is 10.2 Å². The fourth-order valence-corrected chi connectivity index (χ4v) is 3.64. The van der Waals surface area contributed by atoms with Crippen LogP contribution in [0.3, 0.4) is 0 Å². The van der Waals surface area contributed by atoms with Gasteiger partial charge in [0.1, 0.15) is 0 Å². The summed E-state index contributed by atoms with van der Waals surface area (Å²) in [4.78, 5) is 32.8. The molecule has 1 aliphatic heterocycles. The Labute approximate surface area is 176 Å². The molecule has 0 spiro atoms. The Morgan fingerprint density at radius 1 is 0.900 bits per heavy atom. The molecule has 3 aromatic carbocycles. The molecule has 5 heteroatoms. The summed E-state index contributed by atoms with van der Waals surface area (Å²) in [5.74, 6) is -0.590. The van der Waals surface area contributed by atoms with Gasteiger partial charge in [-0.05, 0) is 32.0 Å².